The molecule has 0 aliphatic carbocycles. The van der Waals surface area contributed by atoms with E-state index in [0.29, 0.717) is 6.04 Å². The Morgan fingerprint density at radius 3 is 2.40 bits per heavy atom. The summed E-state index contributed by atoms with van der Waals surface area (Å²) in [5, 5.41) is 9.39. The van der Waals surface area contributed by atoms with E-state index in [-0.39, 0.29) is 0 Å². The summed E-state index contributed by atoms with van der Waals surface area (Å²) in [4.78, 5) is 2.31. The number of hydrogen-bond donors (Lipinski definition) is 1. The van der Waals surface area contributed by atoms with Crippen LogP contribution in [-0.2, 0) is 0 Å². The van der Waals surface area contributed by atoms with Crippen molar-refractivity contribution in [2.24, 2.45) is 0 Å². The molecule has 0 radical (unpaired) electrons. The Balaban J connectivity index is 2.26. The van der Waals surface area contributed by atoms with Crippen molar-refractivity contribution in [3.05, 3.63) is 0 Å². The van der Waals surface area contributed by atoms with Crippen LogP contribution in [0.5, 0.6) is 0 Å². The Labute approximate surface area is 62.8 Å². The SMILES string of the molecule is CCC(C)N1CC(C)(O)C1. The average Bonchev–Trinajstić information content (AvgIpc) is 1.81. The highest BCUT2D eigenvalue weighted by Crippen LogP contribution is 2.22. The summed E-state index contributed by atoms with van der Waals surface area (Å²) >= 11 is 0. The van der Waals surface area contributed by atoms with Crippen LogP contribution in [-0.4, -0.2) is 34.7 Å². The highest BCUT2D eigenvalue weighted by molar-refractivity contribution is 4.93. The van der Waals surface area contributed by atoms with Crippen molar-refractivity contribution in [2.75, 3.05) is 13.1 Å². The molecule has 1 fully saturated rings. The lowest BCUT2D eigenvalue weighted by Crippen LogP contribution is -2.62. The highest BCUT2D eigenvalue weighted by Gasteiger charge is 2.37. The Bertz CT molecular complexity index is 114. The van der Waals surface area contributed by atoms with Gasteiger partial charge in [-0.3, -0.25) is 4.90 Å². The molecule has 2 nitrogen and oxygen atoms in total. The summed E-state index contributed by atoms with van der Waals surface area (Å²) in [6.07, 6.45) is 1.18. The molecule has 0 aromatic rings. The Kier molecular flexibility index (Phi) is 2.02. The van der Waals surface area contributed by atoms with E-state index in [2.05, 4.69) is 18.7 Å². The Morgan fingerprint density at radius 2 is 2.10 bits per heavy atom. The van der Waals surface area contributed by atoms with Gasteiger partial charge in [0.05, 0.1) is 5.60 Å². The fraction of sp³-hybridized carbons (Fsp3) is 1.00. The molecule has 1 aliphatic rings. The fourth-order valence-electron chi connectivity index (χ4n) is 1.40. The molecule has 10 heavy (non-hydrogen) atoms. The summed E-state index contributed by atoms with van der Waals surface area (Å²) in [7, 11) is 0. The van der Waals surface area contributed by atoms with Gasteiger partial charge in [-0.2, -0.15) is 0 Å². The molecule has 0 aromatic carbocycles. The minimum absolute atomic E-state index is 0.399. The van der Waals surface area contributed by atoms with Gasteiger partial charge in [0.25, 0.3) is 0 Å². The summed E-state index contributed by atoms with van der Waals surface area (Å²) < 4.78 is 0. The Hall–Kier alpha value is -0.0800. The molecule has 0 bridgehead atoms. The van der Waals surface area contributed by atoms with E-state index >= 15 is 0 Å². The Morgan fingerprint density at radius 1 is 1.60 bits per heavy atom. The number of hydrogen-bond acceptors (Lipinski definition) is 2. The lowest BCUT2D eigenvalue weighted by molar-refractivity contribution is -0.0994. The minimum Gasteiger partial charge on any atom is -0.388 e. The van der Waals surface area contributed by atoms with E-state index in [1.807, 2.05) is 6.92 Å². The molecule has 60 valence electrons. The van der Waals surface area contributed by atoms with E-state index in [4.69, 9.17) is 0 Å². The molecule has 1 rings (SSSR count). The van der Waals surface area contributed by atoms with Crippen LogP contribution in [0.2, 0.25) is 0 Å². The van der Waals surface area contributed by atoms with Crippen molar-refractivity contribution >= 4 is 0 Å². The number of likely N-dealkylation sites (tertiary alicyclic amines) is 1. The summed E-state index contributed by atoms with van der Waals surface area (Å²) in [5.41, 5.74) is -0.399. The zero-order valence-electron chi connectivity index (χ0n) is 7.09. The number of rotatable bonds is 2. The van der Waals surface area contributed by atoms with Gasteiger partial charge in [0, 0.05) is 19.1 Å². The van der Waals surface area contributed by atoms with Crippen molar-refractivity contribution in [3.8, 4) is 0 Å². The van der Waals surface area contributed by atoms with E-state index in [0.717, 1.165) is 13.1 Å². The lowest BCUT2D eigenvalue weighted by atomic mass is 9.94. The second kappa shape index (κ2) is 2.51. The van der Waals surface area contributed by atoms with Crippen LogP contribution in [0.1, 0.15) is 27.2 Å². The molecule has 2 heteroatoms. The van der Waals surface area contributed by atoms with Crippen molar-refractivity contribution in [1.29, 1.82) is 0 Å². The van der Waals surface area contributed by atoms with Crippen LogP contribution in [0.3, 0.4) is 0 Å². The third kappa shape index (κ3) is 1.50. The molecule has 1 saturated heterocycles. The molecule has 1 unspecified atom stereocenters. The third-order valence-electron chi connectivity index (χ3n) is 2.30. The topological polar surface area (TPSA) is 23.5 Å². The van der Waals surface area contributed by atoms with Crippen LogP contribution >= 0.6 is 0 Å². The molecule has 1 N–H and O–H groups in total. The second-order valence-corrected chi connectivity index (χ2v) is 3.66. The third-order valence-corrected chi connectivity index (χ3v) is 2.30. The largest absolute Gasteiger partial charge is 0.388 e. The van der Waals surface area contributed by atoms with Gasteiger partial charge in [-0.1, -0.05) is 6.92 Å². The normalized spacial score (nSPS) is 27.6. The maximum absolute atomic E-state index is 9.39. The molecular weight excluding hydrogens is 126 g/mol. The van der Waals surface area contributed by atoms with Gasteiger partial charge in [-0.15, -0.1) is 0 Å². The second-order valence-electron chi connectivity index (χ2n) is 3.66. The van der Waals surface area contributed by atoms with E-state index < -0.39 is 5.60 Å². The van der Waals surface area contributed by atoms with Gasteiger partial charge >= 0.3 is 0 Å². The van der Waals surface area contributed by atoms with Crippen LogP contribution < -0.4 is 0 Å². The smallest absolute Gasteiger partial charge is 0.0872 e. The molecular formula is C8H17NO. The average molecular weight is 143 g/mol. The standard InChI is InChI=1S/C8H17NO/c1-4-7(2)9-5-8(3,10)6-9/h7,10H,4-6H2,1-3H3. The first-order valence-electron chi connectivity index (χ1n) is 4.01. The summed E-state index contributed by atoms with van der Waals surface area (Å²) in [6, 6.07) is 0.639. The number of aliphatic hydroxyl groups is 1. The lowest BCUT2D eigenvalue weighted by Gasteiger charge is -2.47. The van der Waals surface area contributed by atoms with Crippen LogP contribution in [0.4, 0.5) is 0 Å². The van der Waals surface area contributed by atoms with Crippen molar-refractivity contribution in [2.45, 2.75) is 38.8 Å². The summed E-state index contributed by atoms with van der Waals surface area (Å²) in [6.45, 7) is 7.98. The first-order chi connectivity index (χ1) is 4.55. The van der Waals surface area contributed by atoms with Crippen LogP contribution in [0.25, 0.3) is 0 Å². The van der Waals surface area contributed by atoms with E-state index in [1.54, 1.807) is 0 Å². The van der Waals surface area contributed by atoms with Crippen molar-refractivity contribution in [1.82, 2.24) is 4.90 Å². The number of β-amino-alcohol motifs (C(OH)–C–C–N with tert-alkyl or cyclic N) is 1. The molecule has 0 aromatic heterocycles. The quantitative estimate of drug-likeness (QED) is 0.619. The predicted octanol–water partition coefficient (Wildman–Crippen LogP) is 0.851. The van der Waals surface area contributed by atoms with Gasteiger partial charge in [-0.05, 0) is 20.3 Å². The summed E-state index contributed by atoms with van der Waals surface area (Å²) in [5.74, 6) is 0. The predicted molar refractivity (Wildman–Crippen MR) is 41.9 cm³/mol. The monoisotopic (exact) mass is 143 g/mol. The fourth-order valence-corrected chi connectivity index (χ4v) is 1.40. The van der Waals surface area contributed by atoms with Gasteiger partial charge in [0.1, 0.15) is 0 Å². The molecule has 0 spiro atoms. The van der Waals surface area contributed by atoms with Crippen molar-refractivity contribution in [3.63, 3.8) is 0 Å². The van der Waals surface area contributed by atoms with E-state index in [9.17, 15) is 5.11 Å². The first kappa shape index (κ1) is 8.02. The van der Waals surface area contributed by atoms with Crippen molar-refractivity contribution < 1.29 is 5.11 Å². The molecule has 1 heterocycles. The maximum Gasteiger partial charge on any atom is 0.0872 e. The molecule has 0 amide bonds. The maximum atomic E-state index is 9.39. The van der Waals surface area contributed by atoms with Gasteiger partial charge in [0.15, 0.2) is 0 Å². The van der Waals surface area contributed by atoms with Crippen LogP contribution in [0.15, 0.2) is 0 Å². The molecule has 0 saturated carbocycles. The minimum atomic E-state index is -0.399. The first-order valence-corrected chi connectivity index (χ1v) is 4.01. The van der Waals surface area contributed by atoms with E-state index in [1.165, 1.54) is 6.42 Å². The highest BCUT2D eigenvalue weighted by atomic mass is 16.3. The molecule has 1 atom stereocenters. The van der Waals surface area contributed by atoms with Gasteiger partial charge in [-0.25, -0.2) is 0 Å². The zero-order chi connectivity index (χ0) is 7.78. The van der Waals surface area contributed by atoms with Crippen LogP contribution in [0, 0.1) is 0 Å². The van der Waals surface area contributed by atoms with Gasteiger partial charge < -0.3 is 5.11 Å². The number of nitrogens with zero attached hydrogens (tertiary/aromatic N) is 1. The molecule has 1 aliphatic heterocycles. The zero-order valence-corrected chi connectivity index (χ0v) is 7.09. The van der Waals surface area contributed by atoms with Gasteiger partial charge in [0.2, 0.25) is 0 Å².